The molecule has 0 fully saturated rings. The summed E-state index contributed by atoms with van der Waals surface area (Å²) in [7, 11) is 1.89. The van der Waals surface area contributed by atoms with Gasteiger partial charge in [0.1, 0.15) is 11.3 Å². The van der Waals surface area contributed by atoms with E-state index in [1.165, 1.54) is 0 Å². The summed E-state index contributed by atoms with van der Waals surface area (Å²) < 4.78 is 0. The molecule has 6 heteroatoms. The molecule has 0 aliphatic carbocycles. The maximum atomic E-state index is 7.88. The lowest BCUT2D eigenvalue weighted by Gasteiger charge is -2.13. The van der Waals surface area contributed by atoms with Gasteiger partial charge in [0.2, 0.25) is 0 Å². The number of nitrogens with one attached hydrogen (secondary N) is 2. The van der Waals surface area contributed by atoms with E-state index in [1.54, 1.807) is 0 Å². The number of H-pyrrole nitrogens is 1. The van der Waals surface area contributed by atoms with E-state index in [4.69, 9.17) is 15.1 Å². The van der Waals surface area contributed by atoms with E-state index < -0.39 is 0 Å². The maximum absolute atomic E-state index is 7.88. The normalized spacial score (nSPS) is 10.8. The molecule has 3 aromatic rings. The van der Waals surface area contributed by atoms with Crippen LogP contribution in [-0.2, 0) is 0 Å². The van der Waals surface area contributed by atoms with Crippen LogP contribution in [-0.4, -0.2) is 38.7 Å². The minimum absolute atomic E-state index is 0.319. The predicted molar refractivity (Wildman–Crippen MR) is 108 cm³/mol. The first kappa shape index (κ1) is 19.8. The number of aromatic amines is 1. The molecule has 0 saturated carbocycles. The smallest absolute Gasteiger partial charge is 0.156 e. The number of anilines is 1. The summed E-state index contributed by atoms with van der Waals surface area (Å²) in [6, 6.07) is 4.15. The Kier molecular flexibility index (Phi) is 6.69. The van der Waals surface area contributed by atoms with Crippen molar-refractivity contribution in [1.29, 1.82) is 0 Å². The van der Waals surface area contributed by atoms with Gasteiger partial charge >= 0.3 is 0 Å². The van der Waals surface area contributed by atoms with Crippen LogP contribution in [0.1, 0.15) is 50.1 Å². The average Bonchev–Trinajstić information content (AvgIpc) is 3.00. The van der Waals surface area contributed by atoms with Crippen molar-refractivity contribution < 1.29 is 5.11 Å². The van der Waals surface area contributed by atoms with Gasteiger partial charge in [0.15, 0.2) is 5.65 Å². The molecule has 0 atom stereocenters. The van der Waals surface area contributed by atoms with E-state index in [0.29, 0.717) is 12.5 Å². The van der Waals surface area contributed by atoms with Gasteiger partial charge in [0.05, 0.1) is 11.4 Å². The Morgan fingerprint density at radius 2 is 1.85 bits per heavy atom. The number of hydrogen-bond acceptors (Lipinski definition) is 5. The first-order chi connectivity index (χ1) is 12.4. The van der Waals surface area contributed by atoms with Gasteiger partial charge < -0.3 is 15.4 Å². The molecule has 26 heavy (non-hydrogen) atoms. The third-order valence-electron chi connectivity index (χ3n) is 4.09. The Hall–Kier alpha value is -2.47. The summed E-state index contributed by atoms with van der Waals surface area (Å²) in [6.45, 7) is 10.5. The lowest BCUT2D eigenvalue weighted by atomic mass is 10.1. The second-order valence-corrected chi connectivity index (χ2v) is 6.59. The van der Waals surface area contributed by atoms with E-state index in [2.05, 4.69) is 41.3 Å². The van der Waals surface area contributed by atoms with Crippen LogP contribution >= 0.6 is 0 Å². The molecule has 3 N–H and O–H groups in total. The number of aryl methyl sites for hydroxylation is 2. The first-order valence-corrected chi connectivity index (χ1v) is 9.05. The third-order valence-corrected chi connectivity index (χ3v) is 4.09. The second-order valence-electron chi connectivity index (χ2n) is 6.59. The van der Waals surface area contributed by atoms with Crippen molar-refractivity contribution in [2.24, 2.45) is 0 Å². The average molecular weight is 355 g/mol. The van der Waals surface area contributed by atoms with Crippen LogP contribution in [0.5, 0.6) is 0 Å². The molecule has 0 bridgehead atoms. The van der Waals surface area contributed by atoms with Gasteiger partial charge in [0.25, 0.3) is 0 Å². The number of hydrogen-bond donors (Lipinski definition) is 3. The zero-order chi connectivity index (χ0) is 19.3. The number of aromatic nitrogens is 4. The molecule has 6 nitrogen and oxygen atoms in total. The van der Waals surface area contributed by atoms with Gasteiger partial charge in [-0.05, 0) is 43.9 Å². The van der Waals surface area contributed by atoms with Crippen molar-refractivity contribution in [1.82, 2.24) is 19.9 Å². The Balaban J connectivity index is 0.000000552. The number of fused-ring (bicyclic) bond motifs is 1. The van der Waals surface area contributed by atoms with E-state index >= 15 is 0 Å². The van der Waals surface area contributed by atoms with Crippen LogP contribution in [0.25, 0.3) is 22.4 Å². The van der Waals surface area contributed by atoms with Gasteiger partial charge in [-0.3, -0.25) is 0 Å². The highest BCUT2D eigenvalue weighted by Gasteiger charge is 2.15. The molecule has 0 spiro atoms. The molecule has 3 aromatic heterocycles. The highest BCUT2D eigenvalue weighted by Crippen LogP contribution is 2.30. The van der Waals surface area contributed by atoms with Gasteiger partial charge in [0, 0.05) is 31.1 Å². The second kappa shape index (κ2) is 8.76. The highest BCUT2D eigenvalue weighted by molar-refractivity contribution is 5.82. The zero-order valence-electron chi connectivity index (χ0n) is 16.5. The molecule has 0 saturated heterocycles. The Labute approximate surface area is 155 Å². The van der Waals surface area contributed by atoms with Crippen LogP contribution in [0, 0.1) is 13.8 Å². The van der Waals surface area contributed by atoms with Gasteiger partial charge in [-0.15, -0.1) is 0 Å². The van der Waals surface area contributed by atoms with E-state index in [9.17, 15) is 0 Å². The Morgan fingerprint density at radius 3 is 2.42 bits per heavy atom. The summed E-state index contributed by atoms with van der Waals surface area (Å²) in [6.07, 6.45) is 2.81. The molecular formula is C20H29N5O. The van der Waals surface area contributed by atoms with Crippen LogP contribution < -0.4 is 5.32 Å². The Bertz CT molecular complexity index is 868. The summed E-state index contributed by atoms with van der Waals surface area (Å²) in [5.74, 6) is 1.24. The maximum Gasteiger partial charge on any atom is 0.156 e. The molecule has 3 heterocycles. The van der Waals surface area contributed by atoms with Crippen molar-refractivity contribution in [2.45, 2.75) is 47.0 Å². The molecule has 0 amide bonds. The van der Waals surface area contributed by atoms with Gasteiger partial charge in [-0.1, -0.05) is 20.8 Å². The van der Waals surface area contributed by atoms with Crippen LogP contribution in [0.15, 0.2) is 18.3 Å². The van der Waals surface area contributed by atoms with E-state index in [1.807, 2.05) is 34.0 Å². The van der Waals surface area contributed by atoms with E-state index in [-0.39, 0.29) is 0 Å². The van der Waals surface area contributed by atoms with Crippen molar-refractivity contribution >= 4 is 17.0 Å². The Morgan fingerprint density at radius 1 is 1.15 bits per heavy atom. The quantitative estimate of drug-likeness (QED) is 0.653. The molecule has 0 radical (unpaired) electrons. The molecular weight excluding hydrogens is 326 g/mol. The molecule has 140 valence electrons. The number of aliphatic hydroxyl groups is 1. The highest BCUT2D eigenvalue weighted by atomic mass is 16.2. The lowest BCUT2D eigenvalue weighted by molar-refractivity contribution is 0.295. The van der Waals surface area contributed by atoms with E-state index in [0.717, 1.165) is 51.6 Å². The summed E-state index contributed by atoms with van der Waals surface area (Å²) >= 11 is 0. The summed E-state index contributed by atoms with van der Waals surface area (Å²) in [4.78, 5) is 17.3. The standard InChI is InChI=1S/C17H21N5.C3H8O/c1-9(2)13-7-6-12(16(18-5)21-13)15-11(4)20-17-14(22-15)10(3)8-19-17;1-2-3-4/h6-9H,1-5H3,(H,18,21)(H,19,20);4H,2-3H2,1H3. The van der Waals surface area contributed by atoms with Crippen molar-refractivity contribution in [3.63, 3.8) is 0 Å². The SMILES string of the molecule is CCCO.CNc1nc(C(C)C)ccc1-c1nc2c(C)c[nH]c2nc1C. The fourth-order valence-electron chi connectivity index (χ4n) is 2.57. The molecule has 0 aliphatic heterocycles. The molecule has 0 aliphatic rings. The molecule has 0 aromatic carbocycles. The lowest BCUT2D eigenvalue weighted by Crippen LogP contribution is -2.03. The van der Waals surface area contributed by atoms with Gasteiger partial charge in [-0.2, -0.15) is 0 Å². The molecule has 0 unspecified atom stereocenters. The minimum Gasteiger partial charge on any atom is -0.396 e. The fourth-order valence-corrected chi connectivity index (χ4v) is 2.57. The van der Waals surface area contributed by atoms with Crippen LogP contribution in [0.3, 0.4) is 0 Å². The third kappa shape index (κ3) is 4.19. The van der Waals surface area contributed by atoms with Crippen molar-refractivity contribution in [3.8, 4) is 11.3 Å². The topological polar surface area (TPSA) is 86.7 Å². The van der Waals surface area contributed by atoms with Crippen LogP contribution in [0.2, 0.25) is 0 Å². The minimum atomic E-state index is 0.319. The monoisotopic (exact) mass is 355 g/mol. The number of aliphatic hydroxyl groups excluding tert-OH is 1. The number of pyridine rings is 1. The fraction of sp³-hybridized carbons (Fsp3) is 0.450. The summed E-state index contributed by atoms with van der Waals surface area (Å²) in [5, 5.41) is 11.1. The number of rotatable bonds is 4. The van der Waals surface area contributed by atoms with Crippen LogP contribution in [0.4, 0.5) is 5.82 Å². The predicted octanol–water partition coefficient (Wildman–Crippen LogP) is 4.19. The van der Waals surface area contributed by atoms with Gasteiger partial charge in [-0.25, -0.2) is 15.0 Å². The van der Waals surface area contributed by atoms with Crippen molar-refractivity contribution in [3.05, 3.63) is 35.3 Å². The molecule has 3 rings (SSSR count). The first-order valence-electron chi connectivity index (χ1n) is 9.05. The summed E-state index contributed by atoms with van der Waals surface area (Å²) in [5.41, 5.74) is 6.66. The zero-order valence-corrected chi connectivity index (χ0v) is 16.5. The van der Waals surface area contributed by atoms with Crippen molar-refractivity contribution in [2.75, 3.05) is 19.0 Å². The largest absolute Gasteiger partial charge is 0.396 e. The number of nitrogens with zero attached hydrogens (tertiary/aromatic N) is 3.